The average molecular weight is 418 g/mol. The molecule has 3 rings (SSSR count). The second kappa shape index (κ2) is 5.63. The number of hydrogen-bond acceptors (Lipinski definition) is 2. The lowest BCUT2D eigenvalue weighted by Gasteiger charge is -2.11. The maximum Gasteiger partial charge on any atom is 0.416 e. The molecule has 0 aliphatic carbocycles. The summed E-state index contributed by atoms with van der Waals surface area (Å²) in [5.41, 5.74) is -0.0528. The lowest BCUT2D eigenvalue weighted by Crippen LogP contribution is -2.13. The molecule has 0 fully saturated rings. The SMILES string of the molecule is Cc1ccc(S(=O)(=O)n2c(Br)cc3ccc(C(F)(F)F)cc32)cc1. The van der Waals surface area contributed by atoms with Crippen LogP contribution in [0, 0.1) is 6.92 Å². The van der Waals surface area contributed by atoms with Crippen LogP contribution < -0.4 is 0 Å². The van der Waals surface area contributed by atoms with E-state index in [1.165, 1.54) is 24.3 Å². The van der Waals surface area contributed by atoms with Crippen molar-refractivity contribution < 1.29 is 21.6 Å². The predicted molar refractivity (Wildman–Crippen MR) is 88.4 cm³/mol. The van der Waals surface area contributed by atoms with Crippen LogP contribution in [0.4, 0.5) is 13.2 Å². The van der Waals surface area contributed by atoms with Crippen LogP contribution in [0.3, 0.4) is 0 Å². The van der Waals surface area contributed by atoms with Gasteiger partial charge >= 0.3 is 6.18 Å². The van der Waals surface area contributed by atoms with Gasteiger partial charge in [-0.15, -0.1) is 0 Å². The van der Waals surface area contributed by atoms with Gasteiger partial charge in [0.1, 0.15) is 4.60 Å². The molecule has 3 nitrogen and oxygen atoms in total. The molecule has 0 atom stereocenters. The number of aryl methyl sites for hydroxylation is 1. The molecule has 1 heterocycles. The first-order chi connectivity index (χ1) is 11.1. The van der Waals surface area contributed by atoms with Crippen molar-refractivity contribution in [1.82, 2.24) is 3.97 Å². The molecule has 0 bridgehead atoms. The van der Waals surface area contributed by atoms with Crippen LogP contribution in [0.15, 0.2) is 58.0 Å². The standard InChI is InChI=1S/C16H11BrF3NO2S/c1-10-2-6-13(7-3-10)24(22,23)21-14-9-12(16(18,19)20)5-4-11(14)8-15(21)17/h2-9H,1H3. The van der Waals surface area contributed by atoms with Gasteiger partial charge in [0.05, 0.1) is 16.0 Å². The van der Waals surface area contributed by atoms with Crippen LogP contribution in [-0.4, -0.2) is 12.4 Å². The molecule has 0 unspecified atom stereocenters. The molecule has 8 heteroatoms. The normalized spacial score (nSPS) is 12.7. The van der Waals surface area contributed by atoms with Crippen molar-refractivity contribution in [2.24, 2.45) is 0 Å². The third-order valence-electron chi connectivity index (χ3n) is 3.60. The molecule has 0 saturated heterocycles. The monoisotopic (exact) mass is 417 g/mol. The molecule has 0 amide bonds. The first-order valence-electron chi connectivity index (χ1n) is 6.81. The van der Waals surface area contributed by atoms with Crippen molar-refractivity contribution in [3.8, 4) is 0 Å². The fraction of sp³-hybridized carbons (Fsp3) is 0.125. The first kappa shape index (κ1) is 17.0. The van der Waals surface area contributed by atoms with Crippen molar-refractivity contribution in [2.75, 3.05) is 0 Å². The molecule has 1 aromatic heterocycles. The highest BCUT2D eigenvalue weighted by Crippen LogP contribution is 2.35. The zero-order valence-electron chi connectivity index (χ0n) is 12.3. The minimum atomic E-state index is -4.55. The number of alkyl halides is 3. The number of hydrogen-bond donors (Lipinski definition) is 0. The average Bonchev–Trinajstić information content (AvgIpc) is 2.82. The Labute approximate surface area is 144 Å². The Hall–Kier alpha value is -1.80. The molecular formula is C16H11BrF3NO2S. The summed E-state index contributed by atoms with van der Waals surface area (Å²) in [5.74, 6) is 0. The smallest absolute Gasteiger partial charge is 0.227 e. The lowest BCUT2D eigenvalue weighted by atomic mass is 10.1. The van der Waals surface area contributed by atoms with E-state index in [4.69, 9.17) is 0 Å². The Morgan fingerprint density at radius 2 is 1.62 bits per heavy atom. The van der Waals surface area contributed by atoms with Gasteiger partial charge in [0.15, 0.2) is 0 Å². The van der Waals surface area contributed by atoms with Crippen LogP contribution in [0.1, 0.15) is 11.1 Å². The molecule has 0 spiro atoms. The summed E-state index contributed by atoms with van der Waals surface area (Å²) in [6.07, 6.45) is -4.55. The lowest BCUT2D eigenvalue weighted by molar-refractivity contribution is -0.137. The van der Waals surface area contributed by atoms with Crippen molar-refractivity contribution in [2.45, 2.75) is 18.0 Å². The van der Waals surface area contributed by atoms with Gasteiger partial charge in [0, 0.05) is 5.39 Å². The van der Waals surface area contributed by atoms with E-state index in [1.807, 2.05) is 6.92 Å². The topological polar surface area (TPSA) is 39.1 Å². The van der Waals surface area contributed by atoms with Crippen LogP contribution in [-0.2, 0) is 16.2 Å². The van der Waals surface area contributed by atoms with Crippen LogP contribution in [0.2, 0.25) is 0 Å². The summed E-state index contributed by atoms with van der Waals surface area (Å²) in [6, 6.07) is 10.6. The summed E-state index contributed by atoms with van der Waals surface area (Å²) in [4.78, 5) is 0.00344. The zero-order chi connectivity index (χ0) is 17.7. The molecular weight excluding hydrogens is 407 g/mol. The molecule has 0 radical (unpaired) electrons. The second-order valence-electron chi connectivity index (χ2n) is 5.32. The van der Waals surface area contributed by atoms with Gasteiger partial charge < -0.3 is 0 Å². The third-order valence-corrected chi connectivity index (χ3v) is 6.16. The van der Waals surface area contributed by atoms with Crippen molar-refractivity contribution in [1.29, 1.82) is 0 Å². The molecule has 126 valence electrons. The van der Waals surface area contributed by atoms with E-state index < -0.39 is 21.8 Å². The molecule has 2 aromatic carbocycles. The number of fused-ring (bicyclic) bond motifs is 1. The van der Waals surface area contributed by atoms with Crippen LogP contribution in [0.25, 0.3) is 10.9 Å². The maximum absolute atomic E-state index is 12.9. The highest BCUT2D eigenvalue weighted by Gasteiger charge is 2.32. The van der Waals surface area contributed by atoms with Crippen molar-refractivity contribution in [3.05, 3.63) is 64.3 Å². The van der Waals surface area contributed by atoms with Gasteiger partial charge in [-0.05, 0) is 53.2 Å². The van der Waals surface area contributed by atoms with Crippen LogP contribution >= 0.6 is 15.9 Å². The predicted octanol–water partition coefficient (Wildman–Crippen LogP) is 4.97. The number of rotatable bonds is 2. The Bertz CT molecular complexity index is 1020. The van der Waals surface area contributed by atoms with E-state index in [9.17, 15) is 21.6 Å². The van der Waals surface area contributed by atoms with Crippen LogP contribution in [0.5, 0.6) is 0 Å². The van der Waals surface area contributed by atoms with Gasteiger partial charge in [-0.1, -0.05) is 23.8 Å². The molecule has 0 N–H and O–H groups in total. The van der Waals surface area contributed by atoms with Gasteiger partial charge in [-0.3, -0.25) is 0 Å². The third kappa shape index (κ3) is 2.84. The zero-order valence-corrected chi connectivity index (χ0v) is 14.7. The second-order valence-corrected chi connectivity index (χ2v) is 7.92. The number of benzene rings is 2. The maximum atomic E-state index is 12.9. The number of aromatic nitrogens is 1. The highest BCUT2D eigenvalue weighted by atomic mass is 79.9. The quantitative estimate of drug-likeness (QED) is 0.590. The van der Waals surface area contributed by atoms with Crippen molar-refractivity contribution in [3.63, 3.8) is 0 Å². The van der Waals surface area contributed by atoms with E-state index in [0.717, 1.165) is 21.7 Å². The van der Waals surface area contributed by atoms with E-state index in [-0.39, 0.29) is 15.0 Å². The summed E-state index contributed by atoms with van der Waals surface area (Å²) in [7, 11) is -4.03. The summed E-state index contributed by atoms with van der Waals surface area (Å²) in [5, 5.41) is 0.394. The fourth-order valence-electron chi connectivity index (χ4n) is 2.38. The van der Waals surface area contributed by atoms with E-state index >= 15 is 0 Å². The van der Waals surface area contributed by atoms with Gasteiger partial charge in [-0.2, -0.15) is 13.2 Å². The summed E-state index contributed by atoms with van der Waals surface area (Å²) in [6.45, 7) is 1.81. The first-order valence-corrected chi connectivity index (χ1v) is 9.04. The summed E-state index contributed by atoms with van der Waals surface area (Å²) < 4.78 is 65.6. The largest absolute Gasteiger partial charge is 0.416 e. The fourth-order valence-corrected chi connectivity index (χ4v) is 4.78. The summed E-state index contributed by atoms with van der Waals surface area (Å²) >= 11 is 3.13. The molecule has 0 aliphatic rings. The molecule has 0 saturated carbocycles. The Balaban J connectivity index is 2.28. The van der Waals surface area contributed by atoms with Gasteiger partial charge in [0.25, 0.3) is 10.0 Å². The Morgan fingerprint density at radius 3 is 2.21 bits per heavy atom. The van der Waals surface area contributed by atoms with E-state index in [2.05, 4.69) is 15.9 Å². The number of nitrogens with zero attached hydrogens (tertiary/aromatic N) is 1. The van der Waals surface area contributed by atoms with E-state index in [1.54, 1.807) is 12.1 Å². The van der Waals surface area contributed by atoms with Gasteiger partial charge in [-0.25, -0.2) is 12.4 Å². The molecule has 0 aliphatic heterocycles. The molecule has 3 aromatic rings. The Kier molecular flexibility index (Phi) is 4.00. The number of halogens is 4. The Morgan fingerprint density at radius 1 is 1.00 bits per heavy atom. The van der Waals surface area contributed by atoms with Crippen molar-refractivity contribution >= 4 is 36.9 Å². The highest BCUT2D eigenvalue weighted by molar-refractivity contribution is 9.10. The van der Waals surface area contributed by atoms with E-state index in [0.29, 0.717) is 5.39 Å². The molecule has 24 heavy (non-hydrogen) atoms. The minimum absolute atomic E-state index is 0.00344. The van der Waals surface area contributed by atoms with Gasteiger partial charge in [0.2, 0.25) is 0 Å². The minimum Gasteiger partial charge on any atom is -0.227 e.